The molecule has 0 unspecified atom stereocenters. The van der Waals surface area contributed by atoms with Gasteiger partial charge in [0.05, 0.1) is 16.8 Å². The van der Waals surface area contributed by atoms with E-state index in [0.717, 1.165) is 21.7 Å². The predicted molar refractivity (Wildman–Crippen MR) is 111 cm³/mol. The molecular formula is C21H20N2O3S2. The van der Waals surface area contributed by atoms with Crippen LogP contribution in [0.5, 0.6) is 0 Å². The summed E-state index contributed by atoms with van der Waals surface area (Å²) in [4.78, 5) is 29.5. The summed E-state index contributed by atoms with van der Waals surface area (Å²) in [7, 11) is 0. The molecular weight excluding hydrogens is 392 g/mol. The molecule has 0 aliphatic rings. The average molecular weight is 413 g/mol. The molecule has 0 spiro atoms. The zero-order chi connectivity index (χ0) is 19.8. The molecule has 3 rings (SSSR count). The molecule has 0 aliphatic carbocycles. The van der Waals surface area contributed by atoms with E-state index in [1.54, 1.807) is 17.6 Å². The second-order valence-corrected chi connectivity index (χ2v) is 7.78. The number of rotatable bonds is 8. The summed E-state index contributed by atoms with van der Waals surface area (Å²) >= 11 is 3.06. The Hall–Kier alpha value is -2.64. The molecule has 0 bridgehead atoms. The molecule has 2 aromatic carbocycles. The van der Waals surface area contributed by atoms with Gasteiger partial charge in [-0.2, -0.15) is 0 Å². The van der Waals surface area contributed by atoms with Crippen LogP contribution in [0.25, 0.3) is 0 Å². The number of aryl methyl sites for hydroxylation is 1. The number of aromatic nitrogens is 1. The SMILES string of the molecule is Cc1ccccc1CNC(=O)COC(=O)c1ccccc1SCc1cscn1. The van der Waals surface area contributed by atoms with E-state index in [1.165, 1.54) is 23.1 Å². The van der Waals surface area contributed by atoms with E-state index in [1.807, 2.05) is 48.7 Å². The lowest BCUT2D eigenvalue weighted by molar-refractivity contribution is -0.124. The molecule has 1 heterocycles. The Balaban J connectivity index is 1.51. The lowest BCUT2D eigenvalue weighted by atomic mass is 10.1. The molecule has 0 radical (unpaired) electrons. The lowest BCUT2D eigenvalue weighted by Gasteiger charge is -2.10. The molecule has 0 saturated carbocycles. The van der Waals surface area contributed by atoms with Gasteiger partial charge in [0.15, 0.2) is 6.61 Å². The van der Waals surface area contributed by atoms with E-state index in [9.17, 15) is 9.59 Å². The van der Waals surface area contributed by atoms with Crippen molar-refractivity contribution < 1.29 is 14.3 Å². The number of amides is 1. The standard InChI is InChI=1S/C21H20N2O3S2/c1-15-6-2-3-7-16(15)10-22-20(24)11-26-21(25)18-8-4-5-9-19(18)28-13-17-12-27-14-23-17/h2-9,12,14H,10-11,13H2,1H3,(H,22,24). The Bertz CT molecular complexity index is 942. The van der Waals surface area contributed by atoms with Crippen LogP contribution in [0.1, 0.15) is 27.2 Å². The van der Waals surface area contributed by atoms with Crippen molar-refractivity contribution >= 4 is 35.0 Å². The van der Waals surface area contributed by atoms with Crippen LogP contribution in [0.2, 0.25) is 0 Å². The summed E-state index contributed by atoms with van der Waals surface area (Å²) in [5.41, 5.74) is 5.34. The second-order valence-electron chi connectivity index (χ2n) is 6.04. The first-order valence-corrected chi connectivity index (χ1v) is 10.6. The van der Waals surface area contributed by atoms with Gasteiger partial charge in [-0.25, -0.2) is 9.78 Å². The van der Waals surface area contributed by atoms with Gasteiger partial charge in [0.25, 0.3) is 5.91 Å². The Morgan fingerprint density at radius 3 is 2.71 bits per heavy atom. The molecule has 0 saturated heterocycles. The van der Waals surface area contributed by atoms with Crippen molar-refractivity contribution in [1.29, 1.82) is 0 Å². The maximum absolute atomic E-state index is 12.4. The second kappa shape index (κ2) is 10.1. The summed E-state index contributed by atoms with van der Waals surface area (Å²) in [6.45, 7) is 2.08. The highest BCUT2D eigenvalue weighted by atomic mass is 32.2. The molecule has 7 heteroatoms. The third-order valence-corrected chi connectivity index (χ3v) is 5.78. The molecule has 1 amide bonds. The highest BCUT2D eigenvalue weighted by Gasteiger charge is 2.15. The van der Waals surface area contributed by atoms with Crippen LogP contribution in [-0.2, 0) is 21.8 Å². The van der Waals surface area contributed by atoms with Crippen molar-refractivity contribution in [1.82, 2.24) is 10.3 Å². The zero-order valence-corrected chi connectivity index (χ0v) is 17.0. The van der Waals surface area contributed by atoms with Gasteiger partial charge in [0, 0.05) is 22.6 Å². The summed E-state index contributed by atoms with van der Waals surface area (Å²) in [5.74, 6) is -0.165. The van der Waals surface area contributed by atoms with E-state index < -0.39 is 5.97 Å². The number of hydrogen-bond donors (Lipinski definition) is 1. The Morgan fingerprint density at radius 2 is 1.93 bits per heavy atom. The van der Waals surface area contributed by atoms with Crippen LogP contribution in [0.3, 0.4) is 0 Å². The van der Waals surface area contributed by atoms with E-state index in [-0.39, 0.29) is 12.5 Å². The first-order chi connectivity index (χ1) is 13.6. The zero-order valence-electron chi connectivity index (χ0n) is 15.4. The summed E-state index contributed by atoms with van der Waals surface area (Å²) in [6.07, 6.45) is 0. The Morgan fingerprint density at radius 1 is 1.14 bits per heavy atom. The van der Waals surface area contributed by atoms with Crippen molar-refractivity contribution in [3.05, 3.63) is 81.8 Å². The molecule has 5 nitrogen and oxygen atoms in total. The maximum Gasteiger partial charge on any atom is 0.339 e. The van der Waals surface area contributed by atoms with Crippen LogP contribution < -0.4 is 5.32 Å². The number of thioether (sulfide) groups is 1. The number of carbonyl (C=O) groups excluding carboxylic acids is 2. The number of thiazole rings is 1. The quantitative estimate of drug-likeness (QED) is 0.443. The van der Waals surface area contributed by atoms with Crippen LogP contribution in [0.15, 0.2) is 64.3 Å². The molecule has 0 atom stereocenters. The molecule has 1 N–H and O–H groups in total. The smallest absolute Gasteiger partial charge is 0.339 e. The van der Waals surface area contributed by atoms with E-state index in [4.69, 9.17) is 4.74 Å². The Kier molecular flexibility index (Phi) is 7.22. The first-order valence-electron chi connectivity index (χ1n) is 8.70. The topological polar surface area (TPSA) is 68.3 Å². The number of esters is 1. The minimum Gasteiger partial charge on any atom is -0.452 e. The van der Waals surface area contributed by atoms with Crippen LogP contribution >= 0.6 is 23.1 Å². The highest BCUT2D eigenvalue weighted by Crippen LogP contribution is 2.26. The van der Waals surface area contributed by atoms with E-state index >= 15 is 0 Å². The van der Waals surface area contributed by atoms with Crippen LogP contribution in [0, 0.1) is 6.92 Å². The minimum absolute atomic E-state index is 0.310. The fourth-order valence-corrected chi connectivity index (χ4v) is 4.09. The number of carbonyl (C=O) groups is 2. The monoisotopic (exact) mass is 412 g/mol. The van der Waals surface area contributed by atoms with Gasteiger partial charge >= 0.3 is 5.97 Å². The van der Waals surface area contributed by atoms with E-state index in [2.05, 4.69) is 10.3 Å². The van der Waals surface area contributed by atoms with Crippen molar-refractivity contribution in [2.24, 2.45) is 0 Å². The van der Waals surface area contributed by atoms with Gasteiger partial charge in [0.2, 0.25) is 0 Å². The van der Waals surface area contributed by atoms with Gasteiger partial charge in [0.1, 0.15) is 0 Å². The molecule has 1 aromatic heterocycles. The molecule has 28 heavy (non-hydrogen) atoms. The van der Waals surface area contributed by atoms with Crippen LogP contribution in [0.4, 0.5) is 0 Å². The van der Waals surface area contributed by atoms with Gasteiger partial charge < -0.3 is 10.1 Å². The molecule has 144 valence electrons. The van der Waals surface area contributed by atoms with Crippen molar-refractivity contribution in [2.45, 2.75) is 24.1 Å². The van der Waals surface area contributed by atoms with Crippen molar-refractivity contribution in [3.63, 3.8) is 0 Å². The van der Waals surface area contributed by atoms with Crippen LogP contribution in [-0.4, -0.2) is 23.5 Å². The van der Waals surface area contributed by atoms with Crippen molar-refractivity contribution in [2.75, 3.05) is 6.61 Å². The Labute approximate surface area is 172 Å². The number of nitrogens with one attached hydrogen (secondary N) is 1. The predicted octanol–water partition coefficient (Wildman–Crippen LogP) is 4.22. The fourth-order valence-electron chi connectivity index (χ4n) is 2.48. The van der Waals surface area contributed by atoms with Gasteiger partial charge in [-0.05, 0) is 30.2 Å². The fraction of sp³-hybridized carbons (Fsp3) is 0.190. The third-order valence-electron chi connectivity index (χ3n) is 4.04. The van der Waals surface area contributed by atoms with E-state index in [0.29, 0.717) is 17.9 Å². The van der Waals surface area contributed by atoms with Gasteiger partial charge in [-0.1, -0.05) is 36.4 Å². The minimum atomic E-state index is -0.507. The highest BCUT2D eigenvalue weighted by molar-refractivity contribution is 7.98. The molecule has 0 aliphatic heterocycles. The normalized spacial score (nSPS) is 10.5. The molecule has 0 fully saturated rings. The number of nitrogens with zero attached hydrogens (tertiary/aromatic N) is 1. The largest absolute Gasteiger partial charge is 0.452 e. The first kappa shape index (κ1) is 20.1. The number of ether oxygens (including phenoxy) is 1. The summed E-state index contributed by atoms with van der Waals surface area (Å²) in [5, 5.41) is 4.76. The van der Waals surface area contributed by atoms with Gasteiger partial charge in [-0.15, -0.1) is 23.1 Å². The summed E-state index contributed by atoms with van der Waals surface area (Å²) in [6, 6.07) is 15.0. The average Bonchev–Trinajstić information content (AvgIpc) is 3.24. The third kappa shape index (κ3) is 5.68. The number of hydrogen-bond acceptors (Lipinski definition) is 6. The lowest BCUT2D eigenvalue weighted by Crippen LogP contribution is -2.28. The van der Waals surface area contributed by atoms with Gasteiger partial charge in [-0.3, -0.25) is 4.79 Å². The van der Waals surface area contributed by atoms with Crippen molar-refractivity contribution in [3.8, 4) is 0 Å². The maximum atomic E-state index is 12.4. The number of benzene rings is 2. The molecule has 3 aromatic rings. The summed E-state index contributed by atoms with van der Waals surface area (Å²) < 4.78 is 5.21.